The molecule has 0 unspecified atom stereocenters. The van der Waals surface area contributed by atoms with Crippen molar-refractivity contribution in [1.82, 2.24) is 0 Å². The van der Waals surface area contributed by atoms with Crippen LogP contribution < -0.4 is 0 Å². The first-order chi connectivity index (χ1) is 4.81. The van der Waals surface area contributed by atoms with Crippen molar-refractivity contribution in [3.63, 3.8) is 0 Å². The molecular weight excluding hydrogens is 120 g/mol. The molecule has 0 heteroatoms. The van der Waals surface area contributed by atoms with Crippen LogP contribution in [0.5, 0.6) is 0 Å². The first kappa shape index (κ1) is 9.22. The van der Waals surface area contributed by atoms with Crippen LogP contribution in [0.4, 0.5) is 0 Å². The van der Waals surface area contributed by atoms with Gasteiger partial charge in [0.05, 0.1) is 0 Å². The van der Waals surface area contributed by atoms with E-state index in [0.717, 1.165) is 0 Å². The summed E-state index contributed by atoms with van der Waals surface area (Å²) in [6.45, 7) is 7.93. The van der Waals surface area contributed by atoms with Gasteiger partial charge in [-0.15, -0.1) is 0 Å². The van der Waals surface area contributed by atoms with Gasteiger partial charge in [-0.05, 0) is 13.3 Å². The fraction of sp³-hybridized carbons (Fsp3) is 0.400. The van der Waals surface area contributed by atoms with E-state index in [-0.39, 0.29) is 0 Å². The Morgan fingerprint density at radius 3 is 2.60 bits per heavy atom. The summed E-state index contributed by atoms with van der Waals surface area (Å²) in [6.07, 6.45) is 10.3. The standard InChI is InChI=1S/C10H16/c1-4-6-7-9-10(3)8-5-2/h4,6-7,9H,1,5,8H2,2-3H3/b7-6-,10-9+. The Labute approximate surface area is 64.0 Å². The van der Waals surface area contributed by atoms with Crippen LogP contribution in [0.25, 0.3) is 0 Å². The number of allylic oxidation sites excluding steroid dienone is 5. The van der Waals surface area contributed by atoms with Crippen molar-refractivity contribution in [1.29, 1.82) is 0 Å². The van der Waals surface area contributed by atoms with Crippen LogP contribution >= 0.6 is 0 Å². The quantitative estimate of drug-likeness (QED) is 0.519. The lowest BCUT2D eigenvalue weighted by Crippen LogP contribution is -1.71. The van der Waals surface area contributed by atoms with E-state index in [4.69, 9.17) is 0 Å². The van der Waals surface area contributed by atoms with Gasteiger partial charge in [0.1, 0.15) is 0 Å². The molecule has 0 bridgehead atoms. The molecule has 0 aliphatic rings. The first-order valence-electron chi connectivity index (χ1n) is 3.76. The summed E-state index contributed by atoms with van der Waals surface area (Å²) in [5, 5.41) is 0. The lowest BCUT2D eigenvalue weighted by molar-refractivity contribution is 0.906. The SMILES string of the molecule is C=C/C=C\C=C(/C)CCC. The minimum Gasteiger partial charge on any atom is -0.0991 e. The number of hydrogen-bond acceptors (Lipinski definition) is 0. The summed E-state index contributed by atoms with van der Waals surface area (Å²) >= 11 is 0. The molecule has 0 aromatic heterocycles. The molecular formula is C10H16. The number of hydrogen-bond donors (Lipinski definition) is 0. The Bertz CT molecular complexity index is 138. The second-order valence-corrected chi connectivity index (χ2v) is 2.38. The molecule has 10 heavy (non-hydrogen) atoms. The summed E-state index contributed by atoms with van der Waals surface area (Å²) in [4.78, 5) is 0. The molecule has 0 aliphatic heterocycles. The second kappa shape index (κ2) is 6.34. The molecule has 0 atom stereocenters. The van der Waals surface area contributed by atoms with Crippen LogP contribution in [-0.4, -0.2) is 0 Å². The Kier molecular flexibility index (Phi) is 5.85. The molecule has 0 amide bonds. The molecule has 0 aromatic carbocycles. The van der Waals surface area contributed by atoms with Gasteiger partial charge in [0.25, 0.3) is 0 Å². The predicted molar refractivity (Wildman–Crippen MR) is 48.0 cm³/mol. The predicted octanol–water partition coefficient (Wildman–Crippen LogP) is 3.48. The highest BCUT2D eigenvalue weighted by atomic mass is 13.9. The van der Waals surface area contributed by atoms with Crippen molar-refractivity contribution in [3.8, 4) is 0 Å². The Balaban J connectivity index is 3.67. The van der Waals surface area contributed by atoms with Crippen LogP contribution in [0.1, 0.15) is 26.7 Å². The third-order valence-corrected chi connectivity index (χ3v) is 1.27. The van der Waals surface area contributed by atoms with Gasteiger partial charge in [-0.2, -0.15) is 0 Å². The summed E-state index contributed by atoms with van der Waals surface area (Å²) in [5.74, 6) is 0. The molecule has 0 fully saturated rings. The fourth-order valence-electron chi connectivity index (χ4n) is 0.776. The smallest absolute Gasteiger partial charge is 0.0323 e. The van der Waals surface area contributed by atoms with Crippen molar-refractivity contribution >= 4 is 0 Å². The van der Waals surface area contributed by atoms with Gasteiger partial charge in [0.2, 0.25) is 0 Å². The molecule has 0 radical (unpaired) electrons. The van der Waals surface area contributed by atoms with E-state index >= 15 is 0 Å². The zero-order valence-electron chi connectivity index (χ0n) is 6.93. The van der Waals surface area contributed by atoms with Crippen LogP contribution in [0.2, 0.25) is 0 Å². The maximum absolute atomic E-state index is 3.59. The third-order valence-electron chi connectivity index (χ3n) is 1.27. The largest absolute Gasteiger partial charge is 0.0991 e. The average Bonchev–Trinajstić information content (AvgIpc) is 1.89. The highest BCUT2D eigenvalue weighted by Gasteiger charge is 1.81. The maximum atomic E-state index is 3.59. The molecule has 0 N–H and O–H groups in total. The fourth-order valence-corrected chi connectivity index (χ4v) is 0.776. The zero-order chi connectivity index (χ0) is 7.82. The topological polar surface area (TPSA) is 0 Å². The molecule has 0 saturated heterocycles. The van der Waals surface area contributed by atoms with E-state index in [2.05, 4.69) is 26.5 Å². The lowest BCUT2D eigenvalue weighted by Gasteiger charge is -1.92. The molecule has 56 valence electrons. The molecule has 0 rings (SSSR count). The molecule has 0 heterocycles. The van der Waals surface area contributed by atoms with Crippen LogP contribution in [0.3, 0.4) is 0 Å². The average molecular weight is 136 g/mol. The number of rotatable bonds is 4. The van der Waals surface area contributed by atoms with Gasteiger partial charge in [0, 0.05) is 0 Å². The first-order valence-corrected chi connectivity index (χ1v) is 3.76. The highest BCUT2D eigenvalue weighted by Crippen LogP contribution is 2.02. The molecule has 0 spiro atoms. The lowest BCUT2D eigenvalue weighted by atomic mass is 10.1. The minimum absolute atomic E-state index is 1.20. The Morgan fingerprint density at radius 1 is 1.40 bits per heavy atom. The van der Waals surface area contributed by atoms with E-state index in [9.17, 15) is 0 Å². The molecule has 0 aliphatic carbocycles. The van der Waals surface area contributed by atoms with Crippen molar-refractivity contribution in [2.45, 2.75) is 26.7 Å². The second-order valence-electron chi connectivity index (χ2n) is 2.38. The van der Waals surface area contributed by atoms with E-state index in [1.807, 2.05) is 12.2 Å². The van der Waals surface area contributed by atoms with Crippen molar-refractivity contribution in [2.24, 2.45) is 0 Å². The molecule has 0 saturated carbocycles. The normalized spacial score (nSPS) is 12.4. The summed E-state index contributed by atoms with van der Waals surface area (Å²) < 4.78 is 0. The summed E-state index contributed by atoms with van der Waals surface area (Å²) in [6, 6.07) is 0. The Hall–Kier alpha value is -0.780. The summed E-state index contributed by atoms with van der Waals surface area (Å²) in [7, 11) is 0. The van der Waals surface area contributed by atoms with Crippen molar-refractivity contribution in [2.75, 3.05) is 0 Å². The Morgan fingerprint density at radius 2 is 2.10 bits per heavy atom. The van der Waals surface area contributed by atoms with Crippen molar-refractivity contribution in [3.05, 3.63) is 36.5 Å². The summed E-state index contributed by atoms with van der Waals surface area (Å²) in [5.41, 5.74) is 1.43. The maximum Gasteiger partial charge on any atom is -0.0323 e. The van der Waals surface area contributed by atoms with Crippen LogP contribution in [0, 0.1) is 0 Å². The van der Waals surface area contributed by atoms with E-state index in [1.165, 1.54) is 18.4 Å². The van der Waals surface area contributed by atoms with Gasteiger partial charge >= 0.3 is 0 Å². The van der Waals surface area contributed by atoms with Crippen molar-refractivity contribution < 1.29 is 0 Å². The monoisotopic (exact) mass is 136 g/mol. The van der Waals surface area contributed by atoms with Gasteiger partial charge in [-0.25, -0.2) is 0 Å². The molecule has 0 nitrogen and oxygen atoms in total. The highest BCUT2D eigenvalue weighted by molar-refractivity contribution is 5.13. The van der Waals surface area contributed by atoms with Gasteiger partial charge in [-0.1, -0.05) is 49.8 Å². The van der Waals surface area contributed by atoms with Gasteiger partial charge < -0.3 is 0 Å². The van der Waals surface area contributed by atoms with Gasteiger partial charge in [0.15, 0.2) is 0 Å². The van der Waals surface area contributed by atoms with E-state index in [0.29, 0.717) is 0 Å². The van der Waals surface area contributed by atoms with E-state index in [1.54, 1.807) is 6.08 Å². The van der Waals surface area contributed by atoms with Gasteiger partial charge in [-0.3, -0.25) is 0 Å². The van der Waals surface area contributed by atoms with Crippen LogP contribution in [-0.2, 0) is 0 Å². The van der Waals surface area contributed by atoms with E-state index < -0.39 is 0 Å². The zero-order valence-corrected chi connectivity index (χ0v) is 6.93. The third kappa shape index (κ3) is 5.36. The molecule has 0 aromatic rings. The van der Waals surface area contributed by atoms with Crippen LogP contribution in [0.15, 0.2) is 36.5 Å². The minimum atomic E-state index is 1.20.